The summed E-state index contributed by atoms with van der Waals surface area (Å²) in [6.45, 7) is 4.03. The zero-order valence-corrected chi connectivity index (χ0v) is 10.2. The van der Waals surface area contributed by atoms with Gasteiger partial charge in [-0.3, -0.25) is 9.59 Å². The fourth-order valence-electron chi connectivity index (χ4n) is 1.12. The maximum Gasteiger partial charge on any atom is 0.203 e. The molecule has 0 atom stereocenters. The second-order valence-corrected chi connectivity index (χ2v) is 4.45. The van der Waals surface area contributed by atoms with Gasteiger partial charge in [0.1, 0.15) is 0 Å². The molecule has 1 N–H and O–H groups in total. The SMILES string of the molecule is C=CCSC1=CC(=O)C(NCCCl)=CC1=O. The number of halogens is 1. The molecule has 0 bridgehead atoms. The van der Waals surface area contributed by atoms with Crippen molar-refractivity contribution in [2.45, 2.75) is 0 Å². The molecule has 0 spiro atoms. The van der Waals surface area contributed by atoms with E-state index in [2.05, 4.69) is 11.9 Å². The smallest absolute Gasteiger partial charge is 0.203 e. The number of hydrogen-bond acceptors (Lipinski definition) is 4. The second kappa shape index (κ2) is 6.55. The van der Waals surface area contributed by atoms with Gasteiger partial charge in [-0.15, -0.1) is 29.9 Å². The van der Waals surface area contributed by atoms with Crippen molar-refractivity contribution < 1.29 is 9.59 Å². The summed E-state index contributed by atoms with van der Waals surface area (Å²) in [5, 5.41) is 2.81. The first kappa shape index (κ1) is 13.1. The molecule has 0 saturated carbocycles. The minimum absolute atomic E-state index is 0.150. The van der Waals surface area contributed by atoms with Crippen LogP contribution in [-0.2, 0) is 9.59 Å². The number of thioether (sulfide) groups is 1. The molecule has 0 aliphatic heterocycles. The molecular weight excluding hydrogens is 246 g/mol. The molecule has 1 aliphatic rings. The zero-order chi connectivity index (χ0) is 12.0. The minimum atomic E-state index is -0.184. The highest BCUT2D eigenvalue weighted by Crippen LogP contribution is 2.21. The molecule has 0 heterocycles. The summed E-state index contributed by atoms with van der Waals surface area (Å²) in [5.74, 6) is 0.670. The van der Waals surface area contributed by atoms with E-state index in [9.17, 15) is 9.59 Å². The van der Waals surface area contributed by atoms with Gasteiger partial charge in [0.05, 0.1) is 10.6 Å². The van der Waals surface area contributed by atoms with Crippen LogP contribution in [0.5, 0.6) is 0 Å². The summed E-state index contributed by atoms with van der Waals surface area (Å²) in [4.78, 5) is 23.6. The fourth-order valence-corrected chi connectivity index (χ4v) is 1.91. The normalized spacial score (nSPS) is 15.6. The van der Waals surface area contributed by atoms with Crippen LogP contribution in [0.3, 0.4) is 0 Å². The fraction of sp³-hybridized carbons (Fsp3) is 0.273. The summed E-state index contributed by atoms with van der Waals surface area (Å²) in [5.41, 5.74) is 0.314. The van der Waals surface area contributed by atoms with E-state index < -0.39 is 0 Å². The van der Waals surface area contributed by atoms with Crippen LogP contribution in [0.1, 0.15) is 0 Å². The zero-order valence-electron chi connectivity index (χ0n) is 8.66. The average molecular weight is 258 g/mol. The Labute approximate surface area is 104 Å². The van der Waals surface area contributed by atoms with E-state index in [1.807, 2.05) is 0 Å². The number of hydrogen-bond donors (Lipinski definition) is 1. The quantitative estimate of drug-likeness (QED) is 0.447. The highest BCUT2D eigenvalue weighted by molar-refractivity contribution is 8.04. The van der Waals surface area contributed by atoms with E-state index in [4.69, 9.17) is 11.6 Å². The molecule has 1 rings (SSSR count). The molecule has 0 amide bonds. The van der Waals surface area contributed by atoms with Crippen molar-refractivity contribution in [3.8, 4) is 0 Å². The van der Waals surface area contributed by atoms with Gasteiger partial charge in [0.15, 0.2) is 5.78 Å². The molecular formula is C11H12ClNO2S. The number of nitrogens with one attached hydrogen (secondary N) is 1. The van der Waals surface area contributed by atoms with Gasteiger partial charge in [-0.25, -0.2) is 0 Å². The van der Waals surface area contributed by atoms with Crippen LogP contribution < -0.4 is 5.32 Å². The van der Waals surface area contributed by atoms with Gasteiger partial charge in [0.2, 0.25) is 5.78 Å². The summed E-state index contributed by atoms with van der Waals surface area (Å²) in [6.07, 6.45) is 4.36. The molecule has 1 aliphatic carbocycles. The second-order valence-electron chi connectivity index (χ2n) is 3.01. The van der Waals surface area contributed by atoms with E-state index in [1.165, 1.54) is 23.9 Å². The summed E-state index contributed by atoms with van der Waals surface area (Å²) < 4.78 is 0. The molecule has 0 aromatic rings. The average Bonchev–Trinajstić information content (AvgIpc) is 2.28. The highest BCUT2D eigenvalue weighted by Gasteiger charge is 2.19. The van der Waals surface area contributed by atoms with Crippen molar-refractivity contribution >= 4 is 34.9 Å². The number of rotatable bonds is 6. The highest BCUT2D eigenvalue weighted by atomic mass is 35.5. The van der Waals surface area contributed by atoms with Crippen LogP contribution in [-0.4, -0.2) is 29.7 Å². The molecule has 0 radical (unpaired) electrons. The van der Waals surface area contributed by atoms with E-state index in [-0.39, 0.29) is 11.6 Å². The van der Waals surface area contributed by atoms with E-state index in [0.717, 1.165) is 0 Å². The summed E-state index contributed by atoms with van der Waals surface area (Å²) >= 11 is 6.79. The summed E-state index contributed by atoms with van der Waals surface area (Å²) in [7, 11) is 0. The third-order valence-electron chi connectivity index (χ3n) is 1.81. The van der Waals surface area contributed by atoms with Gasteiger partial charge < -0.3 is 5.32 Å². The number of alkyl halides is 1. The maximum absolute atomic E-state index is 11.6. The lowest BCUT2D eigenvalue weighted by Gasteiger charge is -2.12. The van der Waals surface area contributed by atoms with Gasteiger partial charge in [-0.1, -0.05) is 6.08 Å². The lowest BCUT2D eigenvalue weighted by molar-refractivity contribution is -0.115. The van der Waals surface area contributed by atoms with Crippen molar-refractivity contribution in [2.75, 3.05) is 18.2 Å². The van der Waals surface area contributed by atoms with E-state index >= 15 is 0 Å². The Kier molecular flexibility index (Phi) is 5.35. The molecule has 86 valence electrons. The van der Waals surface area contributed by atoms with Gasteiger partial charge in [0, 0.05) is 30.3 Å². The Balaban J connectivity index is 2.67. The van der Waals surface area contributed by atoms with E-state index in [0.29, 0.717) is 28.8 Å². The minimum Gasteiger partial charge on any atom is -0.381 e. The first-order valence-corrected chi connectivity index (χ1v) is 6.26. The Bertz CT molecular complexity index is 374. The van der Waals surface area contributed by atoms with Crippen LogP contribution in [0.25, 0.3) is 0 Å². The lowest BCUT2D eigenvalue weighted by Crippen LogP contribution is -2.25. The van der Waals surface area contributed by atoms with Gasteiger partial charge in [0.25, 0.3) is 0 Å². The number of carbonyl (C=O) groups excluding carboxylic acids is 2. The van der Waals surface area contributed by atoms with Crippen LogP contribution in [0.2, 0.25) is 0 Å². The topological polar surface area (TPSA) is 46.2 Å². The summed E-state index contributed by atoms with van der Waals surface area (Å²) in [6, 6.07) is 0. The lowest BCUT2D eigenvalue weighted by atomic mass is 10.1. The largest absolute Gasteiger partial charge is 0.381 e. The van der Waals surface area contributed by atoms with E-state index in [1.54, 1.807) is 6.08 Å². The number of allylic oxidation sites excluding steroid dienone is 3. The maximum atomic E-state index is 11.6. The number of carbonyl (C=O) groups is 2. The van der Waals surface area contributed by atoms with Crippen molar-refractivity contribution in [2.24, 2.45) is 0 Å². The predicted octanol–water partition coefficient (Wildman–Crippen LogP) is 1.65. The molecule has 0 aromatic heterocycles. The van der Waals surface area contributed by atoms with Crippen LogP contribution in [0, 0.1) is 0 Å². The molecule has 0 saturated heterocycles. The monoisotopic (exact) mass is 257 g/mol. The third-order valence-corrected chi connectivity index (χ3v) is 3.03. The molecule has 0 fully saturated rings. The standard InChI is InChI=1S/C11H12ClNO2S/c1-2-5-16-11-7-9(14)8(6-10(11)15)13-4-3-12/h2,6-7,13H,1,3-5H2. The number of ketones is 2. The molecule has 0 aromatic carbocycles. The Hall–Kier alpha value is -1.00. The van der Waals surface area contributed by atoms with Gasteiger partial charge in [-0.05, 0) is 0 Å². The first-order chi connectivity index (χ1) is 7.69. The van der Waals surface area contributed by atoms with Crippen molar-refractivity contribution in [3.05, 3.63) is 35.4 Å². The molecule has 3 nitrogen and oxygen atoms in total. The van der Waals surface area contributed by atoms with Crippen molar-refractivity contribution in [1.82, 2.24) is 5.32 Å². The Morgan fingerprint density at radius 3 is 2.75 bits per heavy atom. The Morgan fingerprint density at radius 2 is 2.12 bits per heavy atom. The van der Waals surface area contributed by atoms with Crippen LogP contribution >= 0.6 is 23.4 Å². The predicted molar refractivity (Wildman–Crippen MR) is 67.6 cm³/mol. The molecule has 16 heavy (non-hydrogen) atoms. The van der Waals surface area contributed by atoms with Crippen molar-refractivity contribution in [3.63, 3.8) is 0 Å². The van der Waals surface area contributed by atoms with Crippen LogP contribution in [0.15, 0.2) is 35.4 Å². The van der Waals surface area contributed by atoms with Crippen LogP contribution in [0.4, 0.5) is 0 Å². The molecule has 0 unspecified atom stereocenters. The first-order valence-electron chi connectivity index (χ1n) is 4.74. The Morgan fingerprint density at radius 1 is 1.38 bits per heavy atom. The van der Waals surface area contributed by atoms with Gasteiger partial charge >= 0.3 is 0 Å². The van der Waals surface area contributed by atoms with Crippen molar-refractivity contribution in [1.29, 1.82) is 0 Å². The van der Waals surface area contributed by atoms with Gasteiger partial charge in [-0.2, -0.15) is 0 Å². The molecule has 5 heteroatoms. The third kappa shape index (κ3) is 3.54.